The fraction of sp³-hybridized carbons (Fsp3) is 0.227. The molecule has 12 nitrogen and oxygen atoms in total. The number of anilines is 1. The number of likely N-dealkylation sites (N-methyl/N-ethyl adjacent to an activating group) is 1. The van der Waals surface area contributed by atoms with Crippen molar-refractivity contribution < 1.29 is 38.6 Å². The van der Waals surface area contributed by atoms with Gasteiger partial charge in [-0.05, 0) is 42.0 Å². The molecular formula is C22H21ClN4O8. The largest absolute Gasteiger partial charge is 0.465 e. The number of amides is 4. The van der Waals surface area contributed by atoms with Crippen molar-refractivity contribution in [1.29, 1.82) is 0 Å². The molecule has 184 valence electrons. The van der Waals surface area contributed by atoms with Crippen LogP contribution in [0.5, 0.6) is 11.5 Å². The molecule has 2 aromatic carbocycles. The zero-order valence-corrected chi connectivity index (χ0v) is 19.5. The minimum absolute atomic E-state index is 0.147. The number of esters is 2. The van der Waals surface area contributed by atoms with Crippen LogP contribution in [-0.4, -0.2) is 53.2 Å². The van der Waals surface area contributed by atoms with E-state index in [1.165, 1.54) is 42.5 Å². The minimum Gasteiger partial charge on any atom is -0.465 e. The Kier molecular flexibility index (Phi) is 6.99. The minimum atomic E-state index is -2.31. The highest BCUT2D eigenvalue weighted by atomic mass is 35.5. The van der Waals surface area contributed by atoms with Gasteiger partial charge in [-0.25, -0.2) is 9.59 Å². The number of imide groups is 1. The smallest absolute Gasteiger partial charge is 0.405 e. The lowest BCUT2D eigenvalue weighted by molar-refractivity contribution is -0.137. The van der Waals surface area contributed by atoms with Gasteiger partial charge in [0.15, 0.2) is 5.54 Å². The summed E-state index contributed by atoms with van der Waals surface area (Å²) < 4.78 is 10.2. The number of benzene rings is 2. The molecule has 2 unspecified atom stereocenters. The Morgan fingerprint density at radius 1 is 1.03 bits per heavy atom. The second-order valence-electron chi connectivity index (χ2n) is 7.56. The fourth-order valence-electron chi connectivity index (χ4n) is 3.74. The summed E-state index contributed by atoms with van der Waals surface area (Å²) in [7, 11) is 1.15. The molecule has 2 aromatic rings. The van der Waals surface area contributed by atoms with Crippen molar-refractivity contribution in [3.8, 4) is 11.5 Å². The van der Waals surface area contributed by atoms with Gasteiger partial charge in [-0.2, -0.15) is 0 Å². The summed E-state index contributed by atoms with van der Waals surface area (Å²) in [5.74, 6) is -2.79. The maximum Gasteiger partial charge on any atom is 0.405 e. The number of nitrogens with one attached hydrogen (secondary N) is 1. The number of carbonyl (C=O) groups is 5. The van der Waals surface area contributed by atoms with Crippen LogP contribution in [0.2, 0.25) is 5.02 Å². The second-order valence-corrected chi connectivity index (χ2v) is 7.99. The molecule has 4 amide bonds. The number of carbonyl (C=O) groups excluding carboxylic acids is 4. The van der Waals surface area contributed by atoms with Crippen LogP contribution in [0.4, 0.5) is 15.3 Å². The summed E-state index contributed by atoms with van der Waals surface area (Å²) in [6.07, 6.45) is -3.27. The van der Waals surface area contributed by atoms with Crippen molar-refractivity contribution in [3.05, 3.63) is 53.1 Å². The molecule has 4 N–H and O–H groups in total. The van der Waals surface area contributed by atoms with E-state index in [0.717, 1.165) is 25.8 Å². The summed E-state index contributed by atoms with van der Waals surface area (Å²) in [6, 6.07) is 8.65. The lowest BCUT2D eigenvalue weighted by Crippen LogP contribution is -2.76. The van der Waals surface area contributed by atoms with E-state index in [4.69, 9.17) is 26.8 Å². The molecule has 0 bridgehead atoms. The third kappa shape index (κ3) is 4.88. The van der Waals surface area contributed by atoms with Crippen LogP contribution in [0, 0.1) is 0 Å². The van der Waals surface area contributed by atoms with Gasteiger partial charge in [0.25, 0.3) is 5.91 Å². The van der Waals surface area contributed by atoms with Crippen molar-refractivity contribution in [2.24, 2.45) is 5.73 Å². The van der Waals surface area contributed by atoms with Gasteiger partial charge < -0.3 is 25.6 Å². The van der Waals surface area contributed by atoms with E-state index in [-0.39, 0.29) is 22.7 Å². The topological polar surface area (TPSA) is 169 Å². The van der Waals surface area contributed by atoms with Gasteiger partial charge in [0.1, 0.15) is 17.7 Å². The number of hydrogen-bond donors (Lipinski definition) is 3. The Bertz CT molecular complexity index is 1180. The van der Waals surface area contributed by atoms with Crippen molar-refractivity contribution in [1.82, 2.24) is 10.2 Å². The maximum atomic E-state index is 13.5. The van der Waals surface area contributed by atoms with E-state index in [9.17, 15) is 29.1 Å². The predicted molar refractivity (Wildman–Crippen MR) is 122 cm³/mol. The van der Waals surface area contributed by atoms with Gasteiger partial charge in [0, 0.05) is 37.7 Å². The second kappa shape index (κ2) is 9.60. The Balaban J connectivity index is 2.30. The molecule has 1 heterocycles. The number of halogens is 1. The maximum absolute atomic E-state index is 13.5. The zero-order valence-electron chi connectivity index (χ0n) is 18.8. The first-order valence-corrected chi connectivity index (χ1v) is 10.4. The predicted octanol–water partition coefficient (Wildman–Crippen LogP) is 2.04. The van der Waals surface area contributed by atoms with Gasteiger partial charge in [-0.1, -0.05) is 11.6 Å². The molecule has 0 spiro atoms. The number of urea groups is 1. The number of carboxylic acid groups (broad SMARTS) is 1. The molecule has 2 atom stereocenters. The zero-order chi connectivity index (χ0) is 26.1. The normalized spacial score (nSPS) is 19.9. The summed E-state index contributed by atoms with van der Waals surface area (Å²) >= 11 is 5.94. The summed E-state index contributed by atoms with van der Waals surface area (Å²) in [4.78, 5) is 63.4. The first-order chi connectivity index (χ1) is 16.4. The molecular weight excluding hydrogens is 484 g/mol. The third-order valence-corrected chi connectivity index (χ3v) is 5.38. The average molecular weight is 505 g/mol. The molecule has 1 aliphatic rings. The SMILES string of the molecule is CC(=O)Oc1cc(OC(C)=O)cc(C2(NC(=O)O)C(=O)N(C)C(=O)N(c3ccc(Cl)cc3)C2N)c1. The Labute approximate surface area is 204 Å². The van der Waals surface area contributed by atoms with Crippen LogP contribution in [0.15, 0.2) is 42.5 Å². The molecule has 1 saturated heterocycles. The highest BCUT2D eigenvalue weighted by molar-refractivity contribution is 6.30. The number of ether oxygens (including phenoxy) is 2. The molecule has 0 saturated carbocycles. The molecule has 1 aliphatic heterocycles. The molecule has 3 rings (SSSR count). The average Bonchev–Trinajstić information content (AvgIpc) is 2.75. The van der Waals surface area contributed by atoms with Gasteiger partial charge in [-0.3, -0.25) is 24.2 Å². The first-order valence-electron chi connectivity index (χ1n) is 10.0. The standard InChI is InChI=1S/C22H21ClN4O8/c1-11(28)34-16-8-13(9-17(10-16)35-12(2)29)22(25-20(31)32)18(24)27(21(33)26(3)19(22)30)15-6-4-14(23)5-7-15/h4-10,18,25H,24H2,1-3H3,(H,31,32). The third-order valence-electron chi connectivity index (χ3n) is 5.12. The Morgan fingerprint density at radius 2 is 1.54 bits per heavy atom. The van der Waals surface area contributed by atoms with Crippen LogP contribution in [0.25, 0.3) is 0 Å². The van der Waals surface area contributed by atoms with Crippen LogP contribution < -0.4 is 25.4 Å². The van der Waals surface area contributed by atoms with Crippen LogP contribution in [-0.2, 0) is 19.9 Å². The number of rotatable bonds is 5. The van der Waals surface area contributed by atoms with E-state index in [2.05, 4.69) is 5.32 Å². The first kappa shape index (κ1) is 25.5. The van der Waals surface area contributed by atoms with Gasteiger partial charge in [0.05, 0.1) is 0 Å². The highest BCUT2D eigenvalue weighted by Crippen LogP contribution is 2.39. The highest BCUT2D eigenvalue weighted by Gasteiger charge is 2.58. The molecule has 0 aromatic heterocycles. The number of nitrogens with zero attached hydrogens (tertiary/aromatic N) is 2. The van der Waals surface area contributed by atoms with Crippen molar-refractivity contribution in [3.63, 3.8) is 0 Å². The monoisotopic (exact) mass is 504 g/mol. The van der Waals surface area contributed by atoms with E-state index in [0.29, 0.717) is 9.92 Å². The van der Waals surface area contributed by atoms with E-state index >= 15 is 0 Å². The van der Waals surface area contributed by atoms with E-state index < -0.39 is 41.7 Å². The van der Waals surface area contributed by atoms with E-state index in [1.807, 2.05) is 0 Å². The van der Waals surface area contributed by atoms with Crippen LogP contribution in [0.1, 0.15) is 19.4 Å². The Morgan fingerprint density at radius 3 is 2.00 bits per heavy atom. The number of nitrogens with two attached hydrogens (primary N) is 1. The summed E-state index contributed by atoms with van der Waals surface area (Å²) in [6.45, 7) is 2.24. The lowest BCUT2D eigenvalue weighted by Gasteiger charge is -2.49. The molecule has 0 aliphatic carbocycles. The van der Waals surface area contributed by atoms with Crippen molar-refractivity contribution in [2.45, 2.75) is 25.6 Å². The van der Waals surface area contributed by atoms with Gasteiger partial charge >= 0.3 is 24.1 Å². The molecule has 35 heavy (non-hydrogen) atoms. The lowest BCUT2D eigenvalue weighted by atomic mass is 9.82. The molecule has 13 heteroatoms. The van der Waals surface area contributed by atoms with Crippen LogP contribution >= 0.6 is 11.6 Å². The van der Waals surface area contributed by atoms with Gasteiger partial charge in [-0.15, -0.1) is 0 Å². The summed E-state index contributed by atoms with van der Waals surface area (Å²) in [5, 5.41) is 12.2. The Hall–Kier alpha value is -4.16. The quantitative estimate of drug-likeness (QED) is 0.407. The van der Waals surface area contributed by atoms with Crippen molar-refractivity contribution in [2.75, 3.05) is 11.9 Å². The fourth-order valence-corrected chi connectivity index (χ4v) is 3.86. The molecule has 0 radical (unpaired) electrons. The molecule has 1 fully saturated rings. The van der Waals surface area contributed by atoms with Crippen molar-refractivity contribution >= 4 is 47.3 Å². The number of hydrogen-bond acceptors (Lipinski definition) is 8. The van der Waals surface area contributed by atoms with E-state index in [1.54, 1.807) is 0 Å². The summed E-state index contributed by atoms with van der Waals surface area (Å²) in [5.41, 5.74) is 4.21. The van der Waals surface area contributed by atoms with Crippen LogP contribution in [0.3, 0.4) is 0 Å². The van der Waals surface area contributed by atoms with Gasteiger partial charge in [0.2, 0.25) is 0 Å².